The van der Waals surface area contributed by atoms with Crippen molar-refractivity contribution in [3.63, 3.8) is 0 Å². The Kier molecular flexibility index (Phi) is 6.93. The van der Waals surface area contributed by atoms with Crippen molar-refractivity contribution in [1.82, 2.24) is 14.8 Å². The number of aromatic nitrogens is 1. The highest BCUT2D eigenvalue weighted by molar-refractivity contribution is 7.14. The van der Waals surface area contributed by atoms with Crippen molar-refractivity contribution in [2.75, 3.05) is 18.5 Å². The Balaban J connectivity index is 1.40. The highest BCUT2D eigenvalue weighted by Gasteiger charge is 2.55. The third kappa shape index (κ3) is 4.67. The van der Waals surface area contributed by atoms with E-state index in [1.165, 1.54) is 28.1 Å². The minimum atomic E-state index is -0.829. The van der Waals surface area contributed by atoms with Gasteiger partial charge in [-0.2, -0.15) is 0 Å². The summed E-state index contributed by atoms with van der Waals surface area (Å²) in [6.07, 6.45) is 4.04. The average molecular weight is 499 g/mol. The molecule has 4 rings (SSSR count). The summed E-state index contributed by atoms with van der Waals surface area (Å²) < 4.78 is 5.33. The van der Waals surface area contributed by atoms with Crippen molar-refractivity contribution < 1.29 is 23.9 Å². The van der Waals surface area contributed by atoms with Crippen molar-refractivity contribution in [2.45, 2.75) is 65.0 Å². The van der Waals surface area contributed by atoms with Gasteiger partial charge in [0, 0.05) is 19.4 Å². The molecule has 2 aliphatic rings. The number of esters is 1. The molecule has 2 heterocycles. The molecule has 0 atom stereocenters. The van der Waals surface area contributed by atoms with Gasteiger partial charge in [-0.05, 0) is 49.9 Å². The van der Waals surface area contributed by atoms with Crippen LogP contribution in [0, 0.1) is 13.8 Å². The number of urea groups is 1. The molecule has 1 saturated heterocycles. The van der Waals surface area contributed by atoms with Gasteiger partial charge in [0.05, 0.1) is 11.4 Å². The van der Waals surface area contributed by atoms with Gasteiger partial charge in [0.15, 0.2) is 5.13 Å². The lowest BCUT2D eigenvalue weighted by Crippen LogP contribution is -2.49. The quantitative estimate of drug-likeness (QED) is 0.439. The Bertz CT molecular complexity index is 1170. The number of carbonyl (C=O) groups is 4. The van der Waals surface area contributed by atoms with Crippen molar-refractivity contribution in [3.8, 4) is 0 Å². The maximum Gasteiger partial charge on any atom is 0.327 e. The molecule has 9 nitrogen and oxygen atoms in total. The number of rotatable bonds is 6. The van der Waals surface area contributed by atoms with Gasteiger partial charge in [-0.15, -0.1) is 11.3 Å². The Morgan fingerprint density at radius 1 is 1.14 bits per heavy atom. The lowest BCUT2D eigenvalue weighted by molar-refractivity contribution is -0.149. The summed E-state index contributed by atoms with van der Waals surface area (Å²) >= 11 is 1.27. The number of imide groups is 1. The summed E-state index contributed by atoms with van der Waals surface area (Å²) in [6, 6.07) is 5.28. The number of likely N-dealkylation sites (N-methyl/N-ethyl adjacent to an activating group) is 1. The van der Waals surface area contributed by atoms with Crippen molar-refractivity contribution in [2.24, 2.45) is 0 Å². The molecule has 0 N–H and O–H groups in total. The Morgan fingerprint density at radius 2 is 1.86 bits per heavy atom. The highest BCUT2D eigenvalue weighted by atomic mass is 32.1. The number of carbonyl (C=O) groups excluding carboxylic acids is 4. The molecule has 2 fully saturated rings. The van der Waals surface area contributed by atoms with E-state index in [4.69, 9.17) is 4.74 Å². The molecular weight excluding hydrogens is 468 g/mol. The normalized spacial score (nSPS) is 17.3. The first-order valence-electron chi connectivity index (χ1n) is 11.7. The van der Waals surface area contributed by atoms with Crippen molar-refractivity contribution in [3.05, 3.63) is 40.4 Å². The van der Waals surface area contributed by atoms with Crippen LogP contribution in [0.3, 0.4) is 0 Å². The molecular formula is C25H30N4O5S. The summed E-state index contributed by atoms with van der Waals surface area (Å²) in [7, 11) is 1.63. The standard InChI is InChI=1S/C25H30N4O5S/c1-16-8-9-20(12-17(16)2)29(18(3)30)23-26-19(15-35-23)14-34-21(31)13-28-22(32)25(27(4)24(28)33)10-6-5-7-11-25/h8-9,12,15H,5-7,10-11,13-14H2,1-4H3. The maximum atomic E-state index is 13.0. The third-order valence-electron chi connectivity index (χ3n) is 6.95. The van der Waals surface area contributed by atoms with Crippen LogP contribution in [0.1, 0.15) is 55.8 Å². The summed E-state index contributed by atoms with van der Waals surface area (Å²) in [5, 5.41) is 2.19. The van der Waals surface area contributed by atoms with Crippen LogP contribution in [0.25, 0.3) is 0 Å². The third-order valence-corrected chi connectivity index (χ3v) is 7.82. The van der Waals surface area contributed by atoms with Crippen LogP contribution >= 0.6 is 11.3 Å². The van der Waals surface area contributed by atoms with Gasteiger partial charge in [-0.3, -0.25) is 24.2 Å². The van der Waals surface area contributed by atoms with E-state index in [-0.39, 0.29) is 18.4 Å². The number of nitrogens with zero attached hydrogens (tertiary/aromatic N) is 4. The second-order valence-corrected chi connectivity index (χ2v) is 10.1. The Labute approximate surface area is 208 Å². The number of thiazole rings is 1. The second-order valence-electron chi connectivity index (χ2n) is 9.23. The molecule has 0 bridgehead atoms. The molecule has 35 heavy (non-hydrogen) atoms. The van der Waals surface area contributed by atoms with Crippen molar-refractivity contribution in [1.29, 1.82) is 0 Å². The SMILES string of the molecule is CC(=O)N(c1ccc(C)c(C)c1)c1nc(COC(=O)CN2C(=O)N(C)C3(CCCCC3)C2=O)cs1. The van der Waals surface area contributed by atoms with E-state index < -0.39 is 24.1 Å². The monoisotopic (exact) mass is 498 g/mol. The first-order valence-corrected chi connectivity index (χ1v) is 12.6. The van der Waals surface area contributed by atoms with E-state index in [0.717, 1.165) is 35.3 Å². The van der Waals surface area contributed by atoms with E-state index in [0.29, 0.717) is 29.4 Å². The topological polar surface area (TPSA) is 100 Å². The van der Waals surface area contributed by atoms with Crippen LogP contribution in [0.4, 0.5) is 15.6 Å². The average Bonchev–Trinajstić information content (AvgIpc) is 3.35. The summed E-state index contributed by atoms with van der Waals surface area (Å²) in [5.41, 5.74) is 2.55. The van der Waals surface area contributed by atoms with E-state index in [1.54, 1.807) is 12.4 Å². The largest absolute Gasteiger partial charge is 0.458 e. The second kappa shape index (κ2) is 9.77. The zero-order chi connectivity index (χ0) is 25.3. The number of ether oxygens (including phenoxy) is 1. The van der Waals surface area contributed by atoms with Gasteiger partial charge < -0.3 is 9.64 Å². The van der Waals surface area contributed by atoms with Gasteiger partial charge in [0.25, 0.3) is 5.91 Å². The van der Waals surface area contributed by atoms with E-state index in [9.17, 15) is 19.2 Å². The number of hydrogen-bond acceptors (Lipinski definition) is 7. The molecule has 10 heteroatoms. The molecule has 1 aliphatic heterocycles. The fraction of sp³-hybridized carbons (Fsp3) is 0.480. The first-order chi connectivity index (χ1) is 16.6. The number of benzene rings is 1. The van der Waals surface area contributed by atoms with E-state index >= 15 is 0 Å². The van der Waals surface area contributed by atoms with Gasteiger partial charge in [0.2, 0.25) is 5.91 Å². The predicted octanol–water partition coefficient (Wildman–Crippen LogP) is 4.08. The highest BCUT2D eigenvalue weighted by Crippen LogP contribution is 2.39. The smallest absolute Gasteiger partial charge is 0.327 e. The van der Waals surface area contributed by atoms with Crippen LogP contribution in [0.15, 0.2) is 23.6 Å². The van der Waals surface area contributed by atoms with E-state index in [2.05, 4.69) is 4.98 Å². The molecule has 1 aromatic heterocycles. The molecule has 1 aromatic carbocycles. The number of anilines is 2. The zero-order valence-corrected chi connectivity index (χ0v) is 21.3. The van der Waals surface area contributed by atoms with Crippen LogP contribution < -0.4 is 4.90 Å². The minimum absolute atomic E-state index is 0.120. The van der Waals surface area contributed by atoms with Crippen molar-refractivity contribution >= 4 is 46.0 Å². The molecule has 186 valence electrons. The maximum absolute atomic E-state index is 13.0. The molecule has 0 radical (unpaired) electrons. The molecule has 2 aromatic rings. The summed E-state index contributed by atoms with van der Waals surface area (Å²) in [4.78, 5) is 59.1. The lowest BCUT2D eigenvalue weighted by Gasteiger charge is -2.35. The zero-order valence-electron chi connectivity index (χ0n) is 20.5. The predicted molar refractivity (Wildman–Crippen MR) is 131 cm³/mol. The van der Waals surface area contributed by atoms with Gasteiger partial charge in [-0.25, -0.2) is 9.78 Å². The summed E-state index contributed by atoms with van der Waals surface area (Å²) in [5.74, 6) is -1.18. The Morgan fingerprint density at radius 3 is 2.51 bits per heavy atom. The van der Waals surface area contributed by atoms with Gasteiger partial charge in [-0.1, -0.05) is 25.3 Å². The number of hydrogen-bond donors (Lipinski definition) is 0. The van der Waals surface area contributed by atoms with Crippen LogP contribution in [-0.4, -0.2) is 57.7 Å². The lowest BCUT2D eigenvalue weighted by atomic mass is 9.81. The summed E-state index contributed by atoms with van der Waals surface area (Å²) in [6.45, 7) is 4.90. The number of aryl methyl sites for hydroxylation is 2. The van der Waals surface area contributed by atoms with Gasteiger partial charge in [0.1, 0.15) is 18.7 Å². The van der Waals surface area contributed by atoms with Crippen LogP contribution in [-0.2, 0) is 25.7 Å². The Hall–Kier alpha value is -3.27. The minimum Gasteiger partial charge on any atom is -0.458 e. The first kappa shape index (κ1) is 24.8. The molecule has 1 spiro atoms. The van der Waals surface area contributed by atoms with Crippen LogP contribution in [0.2, 0.25) is 0 Å². The molecule has 0 unspecified atom stereocenters. The van der Waals surface area contributed by atoms with E-state index in [1.807, 2.05) is 32.0 Å². The van der Waals surface area contributed by atoms with Crippen LogP contribution in [0.5, 0.6) is 0 Å². The number of amides is 4. The van der Waals surface area contributed by atoms with Gasteiger partial charge >= 0.3 is 12.0 Å². The molecule has 4 amide bonds. The molecule has 1 aliphatic carbocycles. The fourth-order valence-corrected chi connectivity index (χ4v) is 5.63. The molecule has 1 saturated carbocycles. The fourth-order valence-electron chi connectivity index (χ4n) is 4.76.